The van der Waals surface area contributed by atoms with Crippen LogP contribution >= 0.6 is 11.3 Å². The van der Waals surface area contributed by atoms with Crippen LogP contribution in [0.5, 0.6) is 0 Å². The normalized spacial score (nSPS) is 10.8. The first-order chi connectivity index (χ1) is 8.52. The van der Waals surface area contributed by atoms with Crippen LogP contribution in [-0.2, 0) is 13.0 Å². The predicted molar refractivity (Wildman–Crippen MR) is 73.7 cm³/mol. The van der Waals surface area contributed by atoms with E-state index in [0.717, 1.165) is 24.4 Å². The minimum absolute atomic E-state index is 0.403. The van der Waals surface area contributed by atoms with Gasteiger partial charge in [0.2, 0.25) is 0 Å². The molecule has 0 saturated carbocycles. The van der Waals surface area contributed by atoms with Crippen molar-refractivity contribution in [3.8, 4) is 0 Å². The number of thiophene rings is 1. The molecule has 0 aliphatic rings. The van der Waals surface area contributed by atoms with Crippen LogP contribution in [0.15, 0.2) is 18.2 Å². The summed E-state index contributed by atoms with van der Waals surface area (Å²) in [5.74, 6) is -0.852. The molecule has 0 fully saturated rings. The average molecular weight is 263 g/mol. The molecule has 3 nitrogen and oxygen atoms in total. The second-order valence-corrected chi connectivity index (χ2v) is 5.65. The molecule has 0 saturated heterocycles. The first-order valence-corrected chi connectivity index (χ1v) is 6.82. The number of carbonyl (C=O) groups is 1. The van der Waals surface area contributed by atoms with Crippen LogP contribution in [0, 0.1) is 13.8 Å². The summed E-state index contributed by atoms with van der Waals surface area (Å²) >= 11 is 1.79. The second kappa shape index (κ2) is 4.98. The van der Waals surface area contributed by atoms with Crippen LogP contribution in [0.25, 0.3) is 0 Å². The van der Waals surface area contributed by atoms with Crippen LogP contribution in [-0.4, -0.2) is 15.6 Å². The highest BCUT2D eigenvalue weighted by Gasteiger charge is 2.14. The van der Waals surface area contributed by atoms with Crippen molar-refractivity contribution in [2.45, 2.75) is 33.7 Å². The molecular weight excluding hydrogens is 246 g/mol. The average Bonchev–Trinajstić information content (AvgIpc) is 2.88. The van der Waals surface area contributed by atoms with Gasteiger partial charge in [0.15, 0.2) is 0 Å². The van der Waals surface area contributed by atoms with Crippen molar-refractivity contribution in [1.29, 1.82) is 0 Å². The lowest BCUT2D eigenvalue weighted by Gasteiger charge is -2.07. The lowest BCUT2D eigenvalue weighted by Crippen LogP contribution is -2.04. The van der Waals surface area contributed by atoms with E-state index >= 15 is 0 Å². The fraction of sp³-hybridized carbons (Fsp3) is 0.357. The highest BCUT2D eigenvalue weighted by atomic mass is 32.1. The number of aromatic carboxylic acids is 1. The molecule has 0 aromatic carbocycles. The Hall–Kier alpha value is -1.55. The van der Waals surface area contributed by atoms with Crippen molar-refractivity contribution in [1.82, 2.24) is 4.57 Å². The number of nitrogens with zero attached hydrogens (tertiary/aromatic N) is 1. The molecule has 4 heteroatoms. The zero-order valence-corrected chi connectivity index (χ0v) is 11.7. The summed E-state index contributed by atoms with van der Waals surface area (Å²) in [4.78, 5) is 13.7. The zero-order valence-electron chi connectivity index (χ0n) is 10.9. The van der Waals surface area contributed by atoms with Gasteiger partial charge < -0.3 is 9.67 Å². The second-order valence-electron chi connectivity index (χ2n) is 4.40. The molecule has 0 aliphatic carbocycles. The molecule has 0 aliphatic heterocycles. The van der Waals surface area contributed by atoms with Gasteiger partial charge in [-0.2, -0.15) is 0 Å². The third kappa shape index (κ3) is 2.34. The Morgan fingerprint density at radius 2 is 2.00 bits per heavy atom. The van der Waals surface area contributed by atoms with E-state index in [1.807, 2.05) is 13.8 Å². The molecule has 0 amide bonds. The van der Waals surface area contributed by atoms with Crippen LogP contribution in [0.3, 0.4) is 0 Å². The summed E-state index contributed by atoms with van der Waals surface area (Å²) in [7, 11) is 0. The SMILES string of the molecule is CCc1ccc(Cn2c(C)cc(C(=O)O)c2C)s1. The lowest BCUT2D eigenvalue weighted by molar-refractivity contribution is 0.0696. The predicted octanol–water partition coefficient (Wildman–Crippen LogP) is 3.48. The molecule has 96 valence electrons. The number of aromatic nitrogens is 1. The highest BCUT2D eigenvalue weighted by Crippen LogP contribution is 2.22. The lowest BCUT2D eigenvalue weighted by atomic mass is 10.2. The van der Waals surface area contributed by atoms with Gasteiger partial charge in [-0.1, -0.05) is 6.92 Å². The van der Waals surface area contributed by atoms with E-state index in [9.17, 15) is 4.79 Å². The van der Waals surface area contributed by atoms with Crippen molar-refractivity contribution in [3.05, 3.63) is 44.9 Å². The number of rotatable bonds is 4. The zero-order chi connectivity index (χ0) is 13.3. The van der Waals surface area contributed by atoms with Gasteiger partial charge in [-0.3, -0.25) is 0 Å². The summed E-state index contributed by atoms with van der Waals surface area (Å²) in [6.45, 7) is 6.72. The van der Waals surface area contributed by atoms with Crippen molar-refractivity contribution in [3.63, 3.8) is 0 Å². The quantitative estimate of drug-likeness (QED) is 0.917. The molecule has 2 aromatic heterocycles. The summed E-state index contributed by atoms with van der Waals surface area (Å²) in [6.07, 6.45) is 1.05. The van der Waals surface area contributed by atoms with E-state index < -0.39 is 5.97 Å². The van der Waals surface area contributed by atoms with Gasteiger partial charge in [-0.25, -0.2) is 4.79 Å². The molecule has 2 aromatic rings. The fourth-order valence-electron chi connectivity index (χ4n) is 2.11. The summed E-state index contributed by atoms with van der Waals surface area (Å²) in [5, 5.41) is 9.10. The fourth-order valence-corrected chi connectivity index (χ4v) is 3.06. The topological polar surface area (TPSA) is 42.2 Å². The number of carboxylic acid groups (broad SMARTS) is 1. The molecule has 0 radical (unpaired) electrons. The Morgan fingerprint density at radius 3 is 2.50 bits per heavy atom. The van der Waals surface area contributed by atoms with E-state index in [1.54, 1.807) is 17.4 Å². The molecule has 0 spiro atoms. The number of hydrogen-bond donors (Lipinski definition) is 1. The van der Waals surface area contributed by atoms with Gasteiger partial charge >= 0.3 is 5.97 Å². The maximum absolute atomic E-state index is 11.1. The molecule has 0 unspecified atom stereocenters. The van der Waals surface area contributed by atoms with Gasteiger partial charge in [0.05, 0.1) is 12.1 Å². The number of hydrogen-bond acceptors (Lipinski definition) is 2. The van der Waals surface area contributed by atoms with E-state index in [2.05, 4.69) is 23.6 Å². The van der Waals surface area contributed by atoms with E-state index in [0.29, 0.717) is 5.56 Å². The summed E-state index contributed by atoms with van der Waals surface area (Å²) < 4.78 is 2.06. The third-order valence-corrected chi connectivity index (χ3v) is 4.40. The van der Waals surface area contributed by atoms with Crippen molar-refractivity contribution < 1.29 is 9.90 Å². The third-order valence-electron chi connectivity index (χ3n) is 3.18. The van der Waals surface area contributed by atoms with Crippen molar-refractivity contribution >= 4 is 17.3 Å². The van der Waals surface area contributed by atoms with E-state index in [4.69, 9.17) is 5.11 Å². The molecule has 0 atom stereocenters. The Balaban J connectivity index is 2.31. The van der Waals surface area contributed by atoms with Gasteiger partial charge in [-0.15, -0.1) is 11.3 Å². The minimum atomic E-state index is -0.852. The molecule has 1 N–H and O–H groups in total. The first-order valence-electron chi connectivity index (χ1n) is 6.00. The van der Waals surface area contributed by atoms with E-state index in [1.165, 1.54) is 9.75 Å². The van der Waals surface area contributed by atoms with Crippen LogP contribution in [0.1, 0.15) is 38.4 Å². The van der Waals surface area contributed by atoms with Gasteiger partial charge in [0, 0.05) is 21.1 Å². The van der Waals surface area contributed by atoms with Crippen LogP contribution in [0.2, 0.25) is 0 Å². The first kappa shape index (κ1) is 12.9. The smallest absolute Gasteiger partial charge is 0.337 e. The monoisotopic (exact) mass is 263 g/mol. The Morgan fingerprint density at radius 1 is 1.33 bits per heavy atom. The standard InChI is InChI=1S/C14H17NO2S/c1-4-11-5-6-12(18-11)8-15-9(2)7-13(10(15)3)14(16)17/h5-7H,4,8H2,1-3H3,(H,16,17). The van der Waals surface area contributed by atoms with Gasteiger partial charge in [0.25, 0.3) is 0 Å². The number of aryl methyl sites for hydroxylation is 2. The maximum atomic E-state index is 11.1. The molecular formula is C14H17NO2S. The van der Waals surface area contributed by atoms with Crippen molar-refractivity contribution in [2.75, 3.05) is 0 Å². The Kier molecular flexibility index (Phi) is 3.57. The molecule has 18 heavy (non-hydrogen) atoms. The van der Waals surface area contributed by atoms with Gasteiger partial charge in [0.1, 0.15) is 0 Å². The van der Waals surface area contributed by atoms with Gasteiger partial charge in [-0.05, 0) is 38.5 Å². The van der Waals surface area contributed by atoms with Crippen molar-refractivity contribution in [2.24, 2.45) is 0 Å². The minimum Gasteiger partial charge on any atom is -0.478 e. The van der Waals surface area contributed by atoms with E-state index in [-0.39, 0.29) is 0 Å². The Labute approximate surface area is 111 Å². The molecule has 2 heterocycles. The highest BCUT2D eigenvalue weighted by molar-refractivity contribution is 7.11. The number of carboxylic acids is 1. The summed E-state index contributed by atoms with van der Waals surface area (Å²) in [6, 6.07) is 6.01. The largest absolute Gasteiger partial charge is 0.478 e. The van der Waals surface area contributed by atoms with Crippen LogP contribution in [0.4, 0.5) is 0 Å². The van der Waals surface area contributed by atoms with Crippen LogP contribution < -0.4 is 0 Å². The Bertz CT molecular complexity index is 581. The maximum Gasteiger partial charge on any atom is 0.337 e. The summed E-state index contributed by atoms with van der Waals surface area (Å²) in [5.41, 5.74) is 2.22. The molecule has 2 rings (SSSR count). The molecule has 0 bridgehead atoms.